The summed E-state index contributed by atoms with van der Waals surface area (Å²) in [6, 6.07) is 23.1. The molecule has 3 rings (SSSR count). The molecule has 0 aliphatic heterocycles. The number of hydrogen-bond donors (Lipinski definition) is 2. The Labute approximate surface area is 156 Å². The van der Waals surface area contributed by atoms with Crippen LogP contribution in [0.3, 0.4) is 0 Å². The summed E-state index contributed by atoms with van der Waals surface area (Å²) in [6.07, 6.45) is 0. The number of anilines is 1. The first-order chi connectivity index (χ1) is 12.6. The smallest absolute Gasteiger partial charge is 0.255 e. The van der Waals surface area contributed by atoms with E-state index < -0.39 is 0 Å². The van der Waals surface area contributed by atoms with Crippen molar-refractivity contribution < 1.29 is 9.59 Å². The Morgan fingerprint density at radius 3 is 2.23 bits per heavy atom. The number of nitrogens with one attached hydrogen (secondary N) is 2. The molecule has 0 atom stereocenters. The molecule has 0 bridgehead atoms. The molecule has 5 heteroatoms. The summed E-state index contributed by atoms with van der Waals surface area (Å²) in [7, 11) is 0. The molecule has 3 aromatic carbocycles. The highest BCUT2D eigenvalue weighted by Gasteiger charge is 2.09. The lowest BCUT2D eigenvalue weighted by atomic mass is 10.1. The molecule has 0 aliphatic carbocycles. The third kappa shape index (κ3) is 4.71. The molecule has 2 amide bonds. The van der Waals surface area contributed by atoms with Crippen molar-refractivity contribution in [1.29, 1.82) is 0 Å². The Morgan fingerprint density at radius 2 is 1.50 bits per heavy atom. The van der Waals surface area contributed by atoms with Crippen LogP contribution in [0, 0.1) is 0 Å². The van der Waals surface area contributed by atoms with Crippen LogP contribution in [0.15, 0.2) is 78.9 Å². The van der Waals surface area contributed by atoms with Gasteiger partial charge >= 0.3 is 0 Å². The van der Waals surface area contributed by atoms with Crippen molar-refractivity contribution in [3.8, 4) is 0 Å². The van der Waals surface area contributed by atoms with Gasteiger partial charge in [0, 0.05) is 28.4 Å². The minimum Gasteiger partial charge on any atom is -0.348 e. The number of halogens is 1. The van der Waals surface area contributed by atoms with Gasteiger partial charge in [-0.1, -0.05) is 48.0 Å². The molecule has 3 aromatic rings. The van der Waals surface area contributed by atoms with Crippen LogP contribution in [-0.4, -0.2) is 11.8 Å². The van der Waals surface area contributed by atoms with Gasteiger partial charge in [0.05, 0.1) is 0 Å². The fourth-order valence-electron chi connectivity index (χ4n) is 2.42. The van der Waals surface area contributed by atoms with E-state index in [2.05, 4.69) is 10.6 Å². The molecule has 0 saturated heterocycles. The summed E-state index contributed by atoms with van der Waals surface area (Å²) in [5.74, 6) is -0.458. The normalized spacial score (nSPS) is 10.2. The molecule has 0 saturated carbocycles. The molecular formula is C21H17ClN2O2. The lowest BCUT2D eigenvalue weighted by Crippen LogP contribution is -2.23. The van der Waals surface area contributed by atoms with E-state index in [1.54, 1.807) is 48.5 Å². The van der Waals surface area contributed by atoms with Gasteiger partial charge in [-0.15, -0.1) is 0 Å². The number of amides is 2. The number of carbonyl (C=O) groups excluding carboxylic acids is 2. The molecule has 2 N–H and O–H groups in total. The van der Waals surface area contributed by atoms with Crippen LogP contribution in [0.4, 0.5) is 5.69 Å². The first-order valence-electron chi connectivity index (χ1n) is 8.11. The van der Waals surface area contributed by atoms with E-state index in [4.69, 9.17) is 11.6 Å². The molecule has 130 valence electrons. The molecule has 0 spiro atoms. The van der Waals surface area contributed by atoms with E-state index in [0.29, 0.717) is 28.4 Å². The summed E-state index contributed by atoms with van der Waals surface area (Å²) in [5.41, 5.74) is 2.55. The standard InChI is InChI=1S/C21H17ClN2O2/c22-18-11-9-16(10-12-18)21(26)24-19-8-4-7-17(13-19)20(25)23-14-15-5-2-1-3-6-15/h1-13H,14H2,(H,23,25)(H,24,26). The number of hydrogen-bond acceptors (Lipinski definition) is 2. The summed E-state index contributed by atoms with van der Waals surface area (Å²) in [6.45, 7) is 0.445. The van der Waals surface area contributed by atoms with Gasteiger partial charge in [-0.2, -0.15) is 0 Å². The zero-order valence-corrected chi connectivity index (χ0v) is 14.7. The van der Waals surface area contributed by atoms with E-state index in [9.17, 15) is 9.59 Å². The van der Waals surface area contributed by atoms with Crippen molar-refractivity contribution in [2.24, 2.45) is 0 Å². The highest BCUT2D eigenvalue weighted by molar-refractivity contribution is 6.30. The molecule has 0 heterocycles. The van der Waals surface area contributed by atoms with E-state index in [1.165, 1.54) is 0 Å². The Morgan fingerprint density at radius 1 is 0.769 bits per heavy atom. The predicted octanol–water partition coefficient (Wildman–Crippen LogP) is 4.52. The van der Waals surface area contributed by atoms with Crippen LogP contribution in [0.25, 0.3) is 0 Å². The molecule has 0 aromatic heterocycles. The largest absolute Gasteiger partial charge is 0.348 e. The fourth-order valence-corrected chi connectivity index (χ4v) is 2.55. The summed E-state index contributed by atoms with van der Waals surface area (Å²) < 4.78 is 0. The highest BCUT2D eigenvalue weighted by Crippen LogP contribution is 2.14. The molecule has 4 nitrogen and oxygen atoms in total. The van der Waals surface area contributed by atoms with Crippen molar-refractivity contribution in [2.75, 3.05) is 5.32 Å². The van der Waals surface area contributed by atoms with E-state index >= 15 is 0 Å². The number of carbonyl (C=O) groups is 2. The van der Waals surface area contributed by atoms with Gasteiger partial charge in [0.1, 0.15) is 0 Å². The molecule has 0 radical (unpaired) electrons. The van der Waals surface area contributed by atoms with Crippen LogP contribution < -0.4 is 10.6 Å². The molecule has 26 heavy (non-hydrogen) atoms. The number of benzene rings is 3. The maximum absolute atomic E-state index is 12.3. The van der Waals surface area contributed by atoms with Crippen molar-refractivity contribution in [1.82, 2.24) is 5.32 Å². The van der Waals surface area contributed by atoms with Crippen LogP contribution in [-0.2, 0) is 6.54 Å². The Hall–Kier alpha value is -3.11. The summed E-state index contributed by atoms with van der Waals surface area (Å²) in [5, 5.41) is 6.22. The zero-order chi connectivity index (χ0) is 18.4. The maximum Gasteiger partial charge on any atom is 0.255 e. The second-order valence-electron chi connectivity index (χ2n) is 5.71. The lowest BCUT2D eigenvalue weighted by molar-refractivity contribution is 0.0949. The monoisotopic (exact) mass is 364 g/mol. The van der Waals surface area contributed by atoms with Crippen molar-refractivity contribution in [3.63, 3.8) is 0 Å². The van der Waals surface area contributed by atoms with Crippen LogP contribution in [0.5, 0.6) is 0 Å². The van der Waals surface area contributed by atoms with Crippen LogP contribution >= 0.6 is 11.6 Å². The van der Waals surface area contributed by atoms with E-state index in [0.717, 1.165) is 5.56 Å². The predicted molar refractivity (Wildman–Crippen MR) is 103 cm³/mol. The quantitative estimate of drug-likeness (QED) is 0.699. The Kier molecular flexibility index (Phi) is 5.66. The van der Waals surface area contributed by atoms with Gasteiger partial charge in [-0.05, 0) is 48.0 Å². The summed E-state index contributed by atoms with van der Waals surface area (Å²) in [4.78, 5) is 24.6. The average Bonchev–Trinajstić information content (AvgIpc) is 2.67. The maximum atomic E-state index is 12.3. The number of rotatable bonds is 5. The van der Waals surface area contributed by atoms with Gasteiger partial charge in [0.2, 0.25) is 0 Å². The van der Waals surface area contributed by atoms with E-state index in [1.807, 2.05) is 30.3 Å². The molecule has 0 unspecified atom stereocenters. The van der Waals surface area contributed by atoms with Gasteiger partial charge < -0.3 is 10.6 Å². The van der Waals surface area contributed by atoms with Crippen LogP contribution in [0.1, 0.15) is 26.3 Å². The second kappa shape index (κ2) is 8.32. The molecule has 0 fully saturated rings. The SMILES string of the molecule is O=C(NCc1ccccc1)c1cccc(NC(=O)c2ccc(Cl)cc2)c1. The third-order valence-electron chi connectivity index (χ3n) is 3.78. The minimum atomic E-state index is -0.261. The Bertz CT molecular complexity index is 909. The zero-order valence-electron chi connectivity index (χ0n) is 13.9. The minimum absolute atomic E-state index is 0.198. The van der Waals surface area contributed by atoms with E-state index in [-0.39, 0.29) is 11.8 Å². The second-order valence-corrected chi connectivity index (χ2v) is 6.15. The van der Waals surface area contributed by atoms with Crippen molar-refractivity contribution in [2.45, 2.75) is 6.54 Å². The van der Waals surface area contributed by atoms with Gasteiger partial charge in [0.15, 0.2) is 0 Å². The molecule has 0 aliphatic rings. The summed E-state index contributed by atoms with van der Waals surface area (Å²) >= 11 is 5.83. The first kappa shape index (κ1) is 17.7. The average molecular weight is 365 g/mol. The first-order valence-corrected chi connectivity index (χ1v) is 8.49. The van der Waals surface area contributed by atoms with Gasteiger partial charge in [-0.25, -0.2) is 0 Å². The van der Waals surface area contributed by atoms with Crippen LogP contribution in [0.2, 0.25) is 5.02 Å². The lowest BCUT2D eigenvalue weighted by Gasteiger charge is -2.09. The third-order valence-corrected chi connectivity index (χ3v) is 4.04. The van der Waals surface area contributed by atoms with Gasteiger partial charge in [-0.3, -0.25) is 9.59 Å². The van der Waals surface area contributed by atoms with Crippen molar-refractivity contribution >= 4 is 29.1 Å². The molecular weight excluding hydrogens is 348 g/mol. The fraction of sp³-hybridized carbons (Fsp3) is 0.0476. The Balaban J connectivity index is 1.64. The van der Waals surface area contributed by atoms with Gasteiger partial charge in [0.25, 0.3) is 11.8 Å². The topological polar surface area (TPSA) is 58.2 Å². The highest BCUT2D eigenvalue weighted by atomic mass is 35.5. The van der Waals surface area contributed by atoms with Crippen molar-refractivity contribution in [3.05, 3.63) is 101 Å².